The van der Waals surface area contributed by atoms with E-state index in [2.05, 4.69) is 20.0 Å². The van der Waals surface area contributed by atoms with Crippen molar-refractivity contribution in [2.75, 3.05) is 19.5 Å². The van der Waals surface area contributed by atoms with E-state index < -0.39 is 5.97 Å². The van der Waals surface area contributed by atoms with Crippen LogP contribution >= 0.6 is 0 Å². The Labute approximate surface area is 110 Å². The van der Waals surface area contributed by atoms with Crippen molar-refractivity contribution in [3.05, 3.63) is 42.4 Å². The molecule has 0 unspecified atom stereocenters. The zero-order valence-electron chi connectivity index (χ0n) is 10.6. The minimum absolute atomic E-state index is 0.0148. The van der Waals surface area contributed by atoms with Crippen LogP contribution in [-0.4, -0.2) is 30.2 Å². The van der Waals surface area contributed by atoms with Crippen molar-refractivity contribution in [2.45, 2.75) is 0 Å². The summed E-state index contributed by atoms with van der Waals surface area (Å²) < 4.78 is 9.63. The number of rotatable bonds is 4. The number of carbonyl (C=O) groups excluding carboxylic acids is 1. The Morgan fingerprint density at radius 3 is 2.53 bits per heavy atom. The Bertz CT molecular complexity index is 570. The Kier molecular flexibility index (Phi) is 3.92. The first-order chi connectivity index (χ1) is 9.22. The Morgan fingerprint density at radius 1 is 1.16 bits per heavy atom. The van der Waals surface area contributed by atoms with Crippen LogP contribution in [0.25, 0.3) is 0 Å². The molecular formula is C13H13N3O3. The third-order valence-electron chi connectivity index (χ3n) is 2.39. The Balaban J connectivity index is 2.16. The molecule has 6 nitrogen and oxygen atoms in total. The minimum Gasteiger partial charge on any atom is -0.497 e. The molecule has 1 heterocycles. The summed E-state index contributed by atoms with van der Waals surface area (Å²) in [6, 6.07) is 9.00. The first kappa shape index (κ1) is 12.8. The third kappa shape index (κ3) is 3.19. The fourth-order valence-electron chi connectivity index (χ4n) is 1.44. The van der Waals surface area contributed by atoms with E-state index in [1.165, 1.54) is 13.3 Å². The zero-order chi connectivity index (χ0) is 13.7. The van der Waals surface area contributed by atoms with Crippen LogP contribution in [0.4, 0.5) is 11.5 Å². The van der Waals surface area contributed by atoms with Crippen molar-refractivity contribution < 1.29 is 14.3 Å². The van der Waals surface area contributed by atoms with Gasteiger partial charge in [-0.3, -0.25) is 0 Å². The minimum atomic E-state index is -0.571. The number of nitrogens with zero attached hydrogens (tertiary/aromatic N) is 2. The van der Waals surface area contributed by atoms with Gasteiger partial charge >= 0.3 is 5.97 Å². The van der Waals surface area contributed by atoms with Crippen molar-refractivity contribution in [3.8, 4) is 5.75 Å². The number of methoxy groups -OCH3 is 2. The van der Waals surface area contributed by atoms with Crippen molar-refractivity contribution in [1.29, 1.82) is 0 Å². The van der Waals surface area contributed by atoms with E-state index in [4.69, 9.17) is 4.74 Å². The van der Waals surface area contributed by atoms with E-state index in [1.807, 2.05) is 24.3 Å². The van der Waals surface area contributed by atoms with Crippen LogP contribution in [-0.2, 0) is 4.74 Å². The number of aromatic nitrogens is 2. The molecule has 2 aromatic rings. The summed E-state index contributed by atoms with van der Waals surface area (Å²) in [5.74, 6) is 0.725. The van der Waals surface area contributed by atoms with E-state index in [0.717, 1.165) is 11.4 Å². The van der Waals surface area contributed by atoms with Crippen LogP contribution in [0.3, 0.4) is 0 Å². The number of esters is 1. The van der Waals surface area contributed by atoms with Crippen LogP contribution in [0.2, 0.25) is 0 Å². The smallest absolute Gasteiger partial charge is 0.376 e. The molecule has 0 radical (unpaired) electrons. The van der Waals surface area contributed by atoms with Crippen LogP contribution in [0.15, 0.2) is 36.5 Å². The molecule has 0 aliphatic heterocycles. The SMILES string of the molecule is COC(=O)c1nccc(Nc2ccc(OC)cc2)n1. The van der Waals surface area contributed by atoms with Gasteiger partial charge in [-0.1, -0.05) is 0 Å². The highest BCUT2D eigenvalue weighted by atomic mass is 16.5. The number of nitrogens with one attached hydrogen (secondary N) is 1. The molecule has 1 aromatic heterocycles. The number of ether oxygens (including phenoxy) is 2. The molecular weight excluding hydrogens is 246 g/mol. The summed E-state index contributed by atoms with van der Waals surface area (Å²) in [5, 5.41) is 3.06. The van der Waals surface area contributed by atoms with Gasteiger partial charge in [-0.25, -0.2) is 14.8 Å². The number of hydrogen-bond donors (Lipinski definition) is 1. The van der Waals surface area contributed by atoms with Crippen molar-refractivity contribution in [3.63, 3.8) is 0 Å². The monoisotopic (exact) mass is 259 g/mol. The summed E-state index contributed by atoms with van der Waals surface area (Å²) in [4.78, 5) is 19.2. The second-order valence-corrected chi connectivity index (χ2v) is 3.61. The molecule has 6 heteroatoms. The van der Waals surface area contributed by atoms with Crippen LogP contribution < -0.4 is 10.1 Å². The maximum absolute atomic E-state index is 11.3. The molecule has 0 aliphatic carbocycles. The van der Waals surface area contributed by atoms with Crippen molar-refractivity contribution >= 4 is 17.5 Å². The molecule has 0 amide bonds. The number of benzene rings is 1. The number of anilines is 2. The van der Waals surface area contributed by atoms with Gasteiger partial charge in [0.15, 0.2) is 0 Å². The molecule has 0 saturated carbocycles. The van der Waals surface area contributed by atoms with E-state index in [1.54, 1.807) is 13.2 Å². The predicted molar refractivity (Wildman–Crippen MR) is 69.6 cm³/mol. The van der Waals surface area contributed by atoms with Gasteiger partial charge in [-0.05, 0) is 30.3 Å². The summed E-state index contributed by atoms with van der Waals surface area (Å²) in [6.07, 6.45) is 1.49. The number of carbonyl (C=O) groups is 1. The highest BCUT2D eigenvalue weighted by molar-refractivity contribution is 5.85. The second kappa shape index (κ2) is 5.81. The summed E-state index contributed by atoms with van der Waals surface area (Å²) in [5.41, 5.74) is 0.829. The van der Waals surface area contributed by atoms with Crippen molar-refractivity contribution in [2.24, 2.45) is 0 Å². The molecule has 1 N–H and O–H groups in total. The summed E-state index contributed by atoms with van der Waals surface area (Å²) >= 11 is 0. The molecule has 0 aliphatic rings. The van der Waals surface area contributed by atoms with Crippen LogP contribution in [0.5, 0.6) is 5.75 Å². The lowest BCUT2D eigenvalue weighted by molar-refractivity contribution is 0.0587. The van der Waals surface area contributed by atoms with E-state index in [0.29, 0.717) is 5.82 Å². The first-order valence-electron chi connectivity index (χ1n) is 5.55. The summed E-state index contributed by atoms with van der Waals surface area (Å²) in [7, 11) is 2.89. The summed E-state index contributed by atoms with van der Waals surface area (Å²) in [6.45, 7) is 0. The largest absolute Gasteiger partial charge is 0.497 e. The fourth-order valence-corrected chi connectivity index (χ4v) is 1.44. The van der Waals surface area contributed by atoms with E-state index in [-0.39, 0.29) is 5.82 Å². The molecule has 0 saturated heterocycles. The van der Waals surface area contributed by atoms with Gasteiger partial charge in [0.2, 0.25) is 5.82 Å². The molecule has 98 valence electrons. The van der Waals surface area contributed by atoms with E-state index in [9.17, 15) is 4.79 Å². The maximum atomic E-state index is 11.3. The Morgan fingerprint density at radius 2 is 1.89 bits per heavy atom. The van der Waals surface area contributed by atoms with Gasteiger partial charge in [0, 0.05) is 11.9 Å². The van der Waals surface area contributed by atoms with Gasteiger partial charge in [0.25, 0.3) is 0 Å². The standard InChI is InChI=1S/C13H13N3O3/c1-18-10-5-3-9(4-6-10)15-11-7-8-14-12(16-11)13(17)19-2/h3-8H,1-2H3,(H,14,15,16). The zero-order valence-corrected chi connectivity index (χ0v) is 10.6. The average molecular weight is 259 g/mol. The lowest BCUT2D eigenvalue weighted by Gasteiger charge is -2.07. The van der Waals surface area contributed by atoms with Gasteiger partial charge in [-0.15, -0.1) is 0 Å². The molecule has 0 spiro atoms. The topological polar surface area (TPSA) is 73.3 Å². The van der Waals surface area contributed by atoms with Gasteiger partial charge in [-0.2, -0.15) is 0 Å². The van der Waals surface area contributed by atoms with Crippen molar-refractivity contribution in [1.82, 2.24) is 9.97 Å². The quantitative estimate of drug-likeness (QED) is 0.847. The fraction of sp³-hybridized carbons (Fsp3) is 0.154. The average Bonchev–Trinajstić information content (AvgIpc) is 2.47. The van der Waals surface area contributed by atoms with Crippen LogP contribution in [0, 0.1) is 0 Å². The van der Waals surface area contributed by atoms with Crippen LogP contribution in [0.1, 0.15) is 10.6 Å². The van der Waals surface area contributed by atoms with E-state index >= 15 is 0 Å². The third-order valence-corrected chi connectivity index (χ3v) is 2.39. The lowest BCUT2D eigenvalue weighted by Crippen LogP contribution is -2.08. The predicted octanol–water partition coefficient (Wildman–Crippen LogP) is 2.02. The highest BCUT2D eigenvalue weighted by Gasteiger charge is 2.09. The van der Waals surface area contributed by atoms with Gasteiger partial charge < -0.3 is 14.8 Å². The Hall–Kier alpha value is -2.63. The molecule has 1 aromatic carbocycles. The lowest BCUT2D eigenvalue weighted by atomic mass is 10.3. The molecule has 0 bridgehead atoms. The molecule has 19 heavy (non-hydrogen) atoms. The molecule has 0 atom stereocenters. The number of hydrogen-bond acceptors (Lipinski definition) is 6. The van der Waals surface area contributed by atoms with Gasteiger partial charge in [0.05, 0.1) is 14.2 Å². The molecule has 0 fully saturated rings. The normalized spacial score (nSPS) is 9.79. The maximum Gasteiger partial charge on any atom is 0.376 e. The second-order valence-electron chi connectivity index (χ2n) is 3.61. The molecule has 2 rings (SSSR count). The van der Waals surface area contributed by atoms with Gasteiger partial charge in [0.1, 0.15) is 11.6 Å². The highest BCUT2D eigenvalue weighted by Crippen LogP contribution is 2.18. The first-order valence-corrected chi connectivity index (χ1v) is 5.55.